The summed E-state index contributed by atoms with van der Waals surface area (Å²) < 4.78 is 14.5. The van der Waals surface area contributed by atoms with Gasteiger partial charge in [0.05, 0.1) is 17.9 Å². The molecule has 9 nitrogen and oxygen atoms in total. The number of hydrogen-bond donors (Lipinski definition) is 2. The van der Waals surface area contributed by atoms with E-state index in [1.165, 1.54) is 12.1 Å². The summed E-state index contributed by atoms with van der Waals surface area (Å²) in [6, 6.07) is 12.6. The minimum Gasteiger partial charge on any atom is -0.354 e. The van der Waals surface area contributed by atoms with Gasteiger partial charge in [-0.25, -0.2) is 4.39 Å². The van der Waals surface area contributed by atoms with Crippen LogP contribution in [-0.2, 0) is 17.8 Å². The molecule has 0 saturated heterocycles. The highest BCUT2D eigenvalue weighted by Gasteiger charge is 2.21. The summed E-state index contributed by atoms with van der Waals surface area (Å²) in [6.45, 7) is 4.12. The van der Waals surface area contributed by atoms with Gasteiger partial charge in [-0.15, -0.1) is 0 Å². The first-order chi connectivity index (χ1) is 15.7. The second-order valence-corrected chi connectivity index (χ2v) is 7.54. The number of carbonyl (C=O) groups is 2. The zero-order valence-corrected chi connectivity index (χ0v) is 18.3. The normalized spacial score (nSPS) is 10.6. The summed E-state index contributed by atoms with van der Waals surface area (Å²) in [5.41, 5.74) is 2.85. The number of aryl methyl sites for hydroxylation is 1. The smallest absolute Gasteiger partial charge is 0.312 e. The molecule has 3 rings (SSSR count). The van der Waals surface area contributed by atoms with E-state index in [0.717, 1.165) is 5.56 Å². The van der Waals surface area contributed by atoms with Crippen molar-refractivity contribution < 1.29 is 18.9 Å². The number of nitrogens with zero attached hydrogens (tertiary/aromatic N) is 3. The van der Waals surface area contributed by atoms with Crippen molar-refractivity contribution in [2.75, 3.05) is 13.1 Å². The monoisotopic (exact) mass is 453 g/mol. The third kappa shape index (κ3) is 6.22. The quantitative estimate of drug-likeness (QED) is 0.293. The Hall–Kier alpha value is -4.08. The minimum absolute atomic E-state index is 0.00996. The molecule has 1 aromatic heterocycles. The van der Waals surface area contributed by atoms with E-state index < -0.39 is 4.92 Å². The zero-order chi connectivity index (χ0) is 24.0. The van der Waals surface area contributed by atoms with Crippen molar-refractivity contribution in [3.63, 3.8) is 0 Å². The average Bonchev–Trinajstić information content (AvgIpc) is 3.06. The van der Waals surface area contributed by atoms with Gasteiger partial charge < -0.3 is 10.6 Å². The van der Waals surface area contributed by atoms with Crippen molar-refractivity contribution in [3.05, 3.63) is 92.5 Å². The molecule has 0 fully saturated rings. The molecule has 172 valence electrons. The van der Waals surface area contributed by atoms with Gasteiger partial charge in [0.2, 0.25) is 5.91 Å². The highest BCUT2D eigenvalue weighted by atomic mass is 19.1. The van der Waals surface area contributed by atoms with Crippen LogP contribution in [0, 0.1) is 29.8 Å². The van der Waals surface area contributed by atoms with Crippen LogP contribution in [0.3, 0.4) is 0 Å². The summed E-state index contributed by atoms with van der Waals surface area (Å²) in [6.07, 6.45) is 0.133. The molecule has 0 spiro atoms. The van der Waals surface area contributed by atoms with E-state index in [1.807, 2.05) is 0 Å². The van der Waals surface area contributed by atoms with Gasteiger partial charge in [-0.3, -0.25) is 24.4 Å². The molecule has 3 aromatic rings. The molecule has 0 bridgehead atoms. The first-order valence-corrected chi connectivity index (χ1v) is 10.3. The Morgan fingerprint density at radius 2 is 1.61 bits per heavy atom. The van der Waals surface area contributed by atoms with Crippen LogP contribution in [0.1, 0.15) is 32.9 Å². The van der Waals surface area contributed by atoms with Crippen molar-refractivity contribution in [1.82, 2.24) is 20.4 Å². The Morgan fingerprint density at radius 3 is 2.21 bits per heavy atom. The first-order valence-electron chi connectivity index (χ1n) is 10.3. The van der Waals surface area contributed by atoms with Crippen LogP contribution in [0.4, 0.5) is 10.1 Å². The number of amides is 2. The number of nitro groups is 1. The van der Waals surface area contributed by atoms with E-state index in [9.17, 15) is 24.1 Å². The summed E-state index contributed by atoms with van der Waals surface area (Å²) in [5, 5.41) is 20.8. The van der Waals surface area contributed by atoms with Crippen molar-refractivity contribution in [3.8, 4) is 0 Å². The molecule has 0 unspecified atom stereocenters. The number of carbonyl (C=O) groups excluding carboxylic acids is 2. The Kier molecular flexibility index (Phi) is 7.50. The van der Waals surface area contributed by atoms with Crippen LogP contribution in [0.5, 0.6) is 0 Å². The fourth-order valence-corrected chi connectivity index (χ4v) is 3.37. The third-order valence-electron chi connectivity index (χ3n) is 5.08. The largest absolute Gasteiger partial charge is 0.354 e. The second kappa shape index (κ2) is 10.5. The van der Waals surface area contributed by atoms with Gasteiger partial charge in [-0.1, -0.05) is 24.3 Å². The summed E-state index contributed by atoms with van der Waals surface area (Å²) >= 11 is 0. The first kappa shape index (κ1) is 23.6. The molecule has 0 aliphatic rings. The van der Waals surface area contributed by atoms with Crippen LogP contribution >= 0.6 is 0 Å². The van der Waals surface area contributed by atoms with E-state index in [-0.39, 0.29) is 42.8 Å². The Morgan fingerprint density at radius 1 is 1.00 bits per heavy atom. The van der Waals surface area contributed by atoms with Gasteiger partial charge >= 0.3 is 5.69 Å². The summed E-state index contributed by atoms with van der Waals surface area (Å²) in [4.78, 5) is 34.9. The van der Waals surface area contributed by atoms with Crippen molar-refractivity contribution >= 4 is 17.5 Å². The number of rotatable bonds is 9. The van der Waals surface area contributed by atoms with Crippen LogP contribution in [0.25, 0.3) is 0 Å². The van der Waals surface area contributed by atoms with Crippen molar-refractivity contribution in [2.45, 2.75) is 26.8 Å². The Balaban J connectivity index is 1.45. The maximum Gasteiger partial charge on any atom is 0.312 e. The predicted octanol–water partition coefficient (Wildman–Crippen LogP) is 2.68. The van der Waals surface area contributed by atoms with Crippen LogP contribution in [0.15, 0.2) is 48.5 Å². The molecule has 33 heavy (non-hydrogen) atoms. The molecule has 10 heteroatoms. The van der Waals surface area contributed by atoms with E-state index in [0.29, 0.717) is 29.1 Å². The average molecular weight is 453 g/mol. The van der Waals surface area contributed by atoms with E-state index >= 15 is 0 Å². The lowest BCUT2D eigenvalue weighted by Gasteiger charge is -2.08. The van der Waals surface area contributed by atoms with E-state index in [4.69, 9.17) is 0 Å². The number of aromatic nitrogens is 2. The van der Waals surface area contributed by atoms with E-state index in [1.54, 1.807) is 54.9 Å². The standard InChI is InChI=1S/C23H24FN5O4/c1-15-22(29(32)33)16(2)28(27-15)14-18-3-7-19(8-4-18)23(31)26-12-11-25-21(30)13-17-5-9-20(24)10-6-17/h3-10H,11-14H2,1-2H3,(H,25,30)(H,26,31). The molecule has 2 N–H and O–H groups in total. The Labute approximate surface area is 189 Å². The van der Waals surface area contributed by atoms with Gasteiger partial charge in [0.25, 0.3) is 5.91 Å². The molecular weight excluding hydrogens is 429 g/mol. The van der Waals surface area contributed by atoms with Gasteiger partial charge in [0.1, 0.15) is 17.2 Å². The predicted molar refractivity (Wildman–Crippen MR) is 119 cm³/mol. The number of benzene rings is 2. The van der Waals surface area contributed by atoms with Gasteiger partial charge in [-0.2, -0.15) is 5.10 Å². The Bertz CT molecular complexity index is 1160. The topological polar surface area (TPSA) is 119 Å². The van der Waals surface area contributed by atoms with Gasteiger partial charge in [0, 0.05) is 18.7 Å². The van der Waals surface area contributed by atoms with Crippen molar-refractivity contribution in [2.24, 2.45) is 0 Å². The molecule has 2 aromatic carbocycles. The molecule has 1 heterocycles. The molecule has 0 saturated carbocycles. The van der Waals surface area contributed by atoms with E-state index in [2.05, 4.69) is 15.7 Å². The minimum atomic E-state index is -0.438. The fraction of sp³-hybridized carbons (Fsp3) is 0.261. The second-order valence-electron chi connectivity index (χ2n) is 7.54. The maximum absolute atomic E-state index is 12.9. The molecule has 0 aliphatic carbocycles. The maximum atomic E-state index is 12.9. The summed E-state index contributed by atoms with van der Waals surface area (Å²) in [7, 11) is 0. The molecule has 2 amide bonds. The van der Waals surface area contributed by atoms with Crippen LogP contribution in [0.2, 0.25) is 0 Å². The summed E-state index contributed by atoms with van der Waals surface area (Å²) in [5.74, 6) is -0.855. The number of hydrogen-bond acceptors (Lipinski definition) is 5. The van der Waals surface area contributed by atoms with Gasteiger partial charge in [0.15, 0.2) is 0 Å². The highest BCUT2D eigenvalue weighted by molar-refractivity contribution is 5.94. The molecule has 0 aliphatic heterocycles. The third-order valence-corrected chi connectivity index (χ3v) is 5.08. The lowest BCUT2D eigenvalue weighted by atomic mass is 10.1. The van der Waals surface area contributed by atoms with Crippen LogP contribution < -0.4 is 10.6 Å². The molecule has 0 radical (unpaired) electrons. The number of nitrogens with one attached hydrogen (secondary N) is 2. The SMILES string of the molecule is Cc1nn(Cc2ccc(C(=O)NCCNC(=O)Cc3ccc(F)cc3)cc2)c(C)c1[N+](=O)[O-]. The van der Waals surface area contributed by atoms with Crippen LogP contribution in [-0.4, -0.2) is 39.6 Å². The lowest BCUT2D eigenvalue weighted by Crippen LogP contribution is -2.35. The fourth-order valence-electron chi connectivity index (χ4n) is 3.37. The molecule has 0 atom stereocenters. The zero-order valence-electron chi connectivity index (χ0n) is 18.3. The number of halogens is 1. The lowest BCUT2D eigenvalue weighted by molar-refractivity contribution is -0.386. The highest BCUT2D eigenvalue weighted by Crippen LogP contribution is 2.22. The van der Waals surface area contributed by atoms with Gasteiger partial charge in [-0.05, 0) is 49.2 Å². The van der Waals surface area contributed by atoms with Crippen molar-refractivity contribution in [1.29, 1.82) is 0 Å². The molecular formula is C23H24FN5O4.